The number of carbonyl (C=O) groups is 1. The third-order valence-corrected chi connectivity index (χ3v) is 3.24. The number of rotatable bonds is 6. The third kappa shape index (κ3) is 3.92. The van der Waals surface area contributed by atoms with Crippen LogP contribution < -0.4 is 11.5 Å². The van der Waals surface area contributed by atoms with Crippen LogP contribution in [0.2, 0.25) is 0 Å². The fraction of sp³-hybridized carbons (Fsp3) is 0.900. The number of amides is 1. The van der Waals surface area contributed by atoms with E-state index in [0.29, 0.717) is 13.0 Å². The zero-order valence-electron chi connectivity index (χ0n) is 10.4. The summed E-state index contributed by atoms with van der Waals surface area (Å²) in [5.41, 5.74) is 11.1. The van der Waals surface area contributed by atoms with Gasteiger partial charge in [-0.05, 0) is 25.8 Å². The number of carbonyl (C=O) groups excluding carboxylic acids is 1. The maximum absolute atomic E-state index is 12.0. The van der Waals surface area contributed by atoms with Crippen molar-refractivity contribution < 1.29 is 19.9 Å². The van der Waals surface area contributed by atoms with Crippen molar-refractivity contribution in [2.24, 2.45) is 11.5 Å². The molecular formula is C10H22BN3O4. The maximum Gasteiger partial charge on any atom is 0.475 e. The Labute approximate surface area is 107 Å². The molecule has 1 saturated heterocycles. The molecule has 1 aliphatic heterocycles. The van der Waals surface area contributed by atoms with Crippen molar-refractivity contribution in [3.63, 3.8) is 0 Å². The summed E-state index contributed by atoms with van der Waals surface area (Å²) in [6.07, 6.45) is 1.51. The largest absolute Gasteiger partial charge is 0.475 e. The molecule has 1 heterocycles. The molecule has 8 heteroatoms. The Balaban J connectivity index is 2.53. The molecule has 1 rings (SSSR count). The van der Waals surface area contributed by atoms with Gasteiger partial charge in [0.2, 0.25) is 5.91 Å². The second-order valence-corrected chi connectivity index (χ2v) is 4.75. The molecule has 0 aromatic carbocycles. The van der Waals surface area contributed by atoms with Crippen molar-refractivity contribution >= 4 is 13.0 Å². The van der Waals surface area contributed by atoms with Crippen molar-refractivity contribution in [1.82, 2.24) is 4.90 Å². The summed E-state index contributed by atoms with van der Waals surface area (Å²) in [6.45, 7) is 0.660. The van der Waals surface area contributed by atoms with Gasteiger partial charge in [0.05, 0.1) is 18.1 Å². The van der Waals surface area contributed by atoms with Crippen LogP contribution in [0.1, 0.15) is 25.7 Å². The molecule has 7 nitrogen and oxygen atoms in total. The van der Waals surface area contributed by atoms with E-state index < -0.39 is 25.2 Å². The predicted molar refractivity (Wildman–Crippen MR) is 67.2 cm³/mol. The van der Waals surface area contributed by atoms with Crippen LogP contribution in [0.25, 0.3) is 0 Å². The van der Waals surface area contributed by atoms with Gasteiger partial charge < -0.3 is 31.5 Å². The highest BCUT2D eigenvalue weighted by Gasteiger charge is 2.42. The van der Waals surface area contributed by atoms with Crippen molar-refractivity contribution in [2.45, 2.75) is 43.8 Å². The molecule has 0 saturated carbocycles. The highest BCUT2D eigenvalue weighted by Crippen LogP contribution is 2.20. The molecule has 1 aliphatic rings. The average Bonchev–Trinajstić information content (AvgIpc) is 2.70. The summed E-state index contributed by atoms with van der Waals surface area (Å²) in [5.74, 6) is -1.12. The van der Waals surface area contributed by atoms with Crippen LogP contribution in [0.4, 0.5) is 0 Å². The first-order chi connectivity index (χ1) is 8.47. The van der Waals surface area contributed by atoms with E-state index in [9.17, 15) is 19.9 Å². The van der Waals surface area contributed by atoms with Gasteiger partial charge in [0.1, 0.15) is 0 Å². The van der Waals surface area contributed by atoms with Crippen LogP contribution in [-0.2, 0) is 4.79 Å². The molecule has 1 fully saturated rings. The molecule has 18 heavy (non-hydrogen) atoms. The van der Waals surface area contributed by atoms with E-state index in [0.717, 1.165) is 12.8 Å². The number of nitrogens with zero attached hydrogens (tertiary/aromatic N) is 1. The van der Waals surface area contributed by atoms with Gasteiger partial charge in [0.25, 0.3) is 0 Å². The lowest BCUT2D eigenvalue weighted by molar-refractivity contribution is -0.133. The minimum Gasteiger partial charge on any atom is -0.426 e. The molecule has 0 aromatic rings. The van der Waals surface area contributed by atoms with Crippen LogP contribution in [0.3, 0.4) is 0 Å². The molecule has 104 valence electrons. The lowest BCUT2D eigenvalue weighted by atomic mass is 9.77. The fourth-order valence-electron chi connectivity index (χ4n) is 2.22. The van der Waals surface area contributed by atoms with E-state index in [1.165, 1.54) is 4.90 Å². The molecule has 3 atom stereocenters. The van der Waals surface area contributed by atoms with Gasteiger partial charge in [-0.2, -0.15) is 0 Å². The fourth-order valence-corrected chi connectivity index (χ4v) is 2.22. The van der Waals surface area contributed by atoms with Gasteiger partial charge in [-0.1, -0.05) is 6.42 Å². The minimum atomic E-state index is -1.65. The second-order valence-electron chi connectivity index (χ2n) is 4.75. The van der Waals surface area contributed by atoms with Gasteiger partial charge >= 0.3 is 7.12 Å². The first kappa shape index (κ1) is 15.4. The standard InChI is InChI=1S/C10H22BN3O4/c12-4-2-1-3-8(13)10(16)14-6-7(15)5-9(14)11(17)18/h7-9,15,17-18H,1-6,12-13H2/t7-,8-,9-/m0/s1. The first-order valence-corrected chi connectivity index (χ1v) is 6.27. The summed E-state index contributed by atoms with van der Waals surface area (Å²) in [4.78, 5) is 13.3. The van der Waals surface area contributed by atoms with Gasteiger partial charge in [-0.25, -0.2) is 0 Å². The summed E-state index contributed by atoms with van der Waals surface area (Å²) in [5, 5.41) is 27.8. The molecule has 7 N–H and O–H groups in total. The quantitative estimate of drug-likeness (QED) is 0.263. The Morgan fingerprint density at radius 1 is 1.44 bits per heavy atom. The third-order valence-electron chi connectivity index (χ3n) is 3.24. The average molecular weight is 259 g/mol. The number of likely N-dealkylation sites (tertiary alicyclic amines) is 1. The predicted octanol–water partition coefficient (Wildman–Crippen LogP) is -2.58. The lowest BCUT2D eigenvalue weighted by Crippen LogP contribution is -2.51. The number of nitrogens with two attached hydrogens (primary N) is 2. The zero-order chi connectivity index (χ0) is 13.7. The van der Waals surface area contributed by atoms with Crippen LogP contribution in [0.15, 0.2) is 0 Å². The molecule has 1 amide bonds. The molecule has 0 radical (unpaired) electrons. The lowest BCUT2D eigenvalue weighted by Gasteiger charge is -2.26. The zero-order valence-corrected chi connectivity index (χ0v) is 10.4. The van der Waals surface area contributed by atoms with Crippen LogP contribution in [0.5, 0.6) is 0 Å². The Hall–Kier alpha value is -0.665. The molecule has 0 aromatic heterocycles. The Kier molecular flexibility index (Phi) is 6.03. The normalized spacial score (nSPS) is 25.3. The molecular weight excluding hydrogens is 237 g/mol. The van der Waals surface area contributed by atoms with Gasteiger partial charge in [-0.15, -0.1) is 0 Å². The number of unbranched alkanes of at least 4 members (excludes halogenated alkanes) is 1. The summed E-state index contributed by atoms with van der Waals surface area (Å²) >= 11 is 0. The van der Waals surface area contributed by atoms with Crippen molar-refractivity contribution in [2.75, 3.05) is 13.1 Å². The Bertz CT molecular complexity index is 280. The monoisotopic (exact) mass is 259 g/mol. The van der Waals surface area contributed by atoms with Crippen LogP contribution >= 0.6 is 0 Å². The second kappa shape index (κ2) is 7.05. The van der Waals surface area contributed by atoms with E-state index in [1.807, 2.05) is 0 Å². The Morgan fingerprint density at radius 3 is 2.67 bits per heavy atom. The Morgan fingerprint density at radius 2 is 2.11 bits per heavy atom. The van der Waals surface area contributed by atoms with Crippen LogP contribution in [-0.4, -0.2) is 64.3 Å². The van der Waals surface area contributed by atoms with Gasteiger partial charge in [-0.3, -0.25) is 4.79 Å². The van der Waals surface area contributed by atoms with Crippen molar-refractivity contribution in [3.05, 3.63) is 0 Å². The maximum atomic E-state index is 12.0. The number of β-amino-alcohol motifs (C(OH)–C–C–N with tert-alkyl or cyclic N) is 1. The SMILES string of the molecule is NCCCC[C@H](N)C(=O)N1C[C@@H](O)C[C@H]1B(O)O. The van der Waals surface area contributed by atoms with E-state index in [-0.39, 0.29) is 18.9 Å². The van der Waals surface area contributed by atoms with Gasteiger partial charge in [0, 0.05) is 6.54 Å². The molecule has 0 spiro atoms. The van der Waals surface area contributed by atoms with E-state index in [4.69, 9.17) is 11.5 Å². The van der Waals surface area contributed by atoms with Crippen molar-refractivity contribution in [1.29, 1.82) is 0 Å². The van der Waals surface area contributed by atoms with E-state index >= 15 is 0 Å². The number of hydrogen-bond acceptors (Lipinski definition) is 6. The van der Waals surface area contributed by atoms with Crippen LogP contribution in [0, 0.1) is 0 Å². The molecule has 0 bridgehead atoms. The highest BCUT2D eigenvalue weighted by molar-refractivity contribution is 6.43. The molecule has 0 aliphatic carbocycles. The number of hydrogen-bond donors (Lipinski definition) is 5. The smallest absolute Gasteiger partial charge is 0.426 e. The highest BCUT2D eigenvalue weighted by atomic mass is 16.4. The van der Waals surface area contributed by atoms with E-state index in [1.54, 1.807) is 0 Å². The number of aliphatic hydroxyl groups is 1. The summed E-state index contributed by atoms with van der Waals surface area (Å²) in [6, 6.07) is -0.678. The first-order valence-electron chi connectivity index (χ1n) is 6.27. The minimum absolute atomic E-state index is 0.103. The summed E-state index contributed by atoms with van der Waals surface area (Å²) < 4.78 is 0. The topological polar surface area (TPSA) is 133 Å². The molecule has 0 unspecified atom stereocenters. The summed E-state index contributed by atoms with van der Waals surface area (Å²) in [7, 11) is -1.65. The van der Waals surface area contributed by atoms with E-state index in [2.05, 4.69) is 0 Å². The van der Waals surface area contributed by atoms with Gasteiger partial charge in [0.15, 0.2) is 0 Å². The number of aliphatic hydroxyl groups excluding tert-OH is 1. The van der Waals surface area contributed by atoms with Crippen molar-refractivity contribution in [3.8, 4) is 0 Å².